The van der Waals surface area contributed by atoms with Crippen LogP contribution >= 0.6 is 0 Å². The summed E-state index contributed by atoms with van der Waals surface area (Å²) in [4.78, 5) is 4.42. The predicted octanol–water partition coefficient (Wildman–Crippen LogP) is 3.04. The number of aryl methyl sites for hydroxylation is 2. The van der Waals surface area contributed by atoms with Gasteiger partial charge in [-0.3, -0.25) is 5.10 Å². The number of para-hydroxylation sites is 1. The molecule has 6 nitrogen and oxygen atoms in total. The molecule has 0 aliphatic carbocycles. The van der Waals surface area contributed by atoms with E-state index in [-0.39, 0.29) is 6.10 Å². The molecule has 0 unspecified atom stereocenters. The van der Waals surface area contributed by atoms with E-state index in [1.807, 2.05) is 32.0 Å². The third-order valence-corrected chi connectivity index (χ3v) is 4.69. The van der Waals surface area contributed by atoms with E-state index in [1.54, 1.807) is 0 Å². The minimum atomic E-state index is -0.0235. The van der Waals surface area contributed by atoms with E-state index in [4.69, 9.17) is 9.15 Å². The van der Waals surface area contributed by atoms with Gasteiger partial charge in [-0.2, -0.15) is 5.10 Å². The molecule has 24 heavy (non-hydrogen) atoms. The van der Waals surface area contributed by atoms with Crippen molar-refractivity contribution in [1.29, 1.82) is 0 Å². The van der Waals surface area contributed by atoms with Crippen molar-refractivity contribution in [1.82, 2.24) is 20.5 Å². The second-order valence-corrected chi connectivity index (χ2v) is 6.38. The van der Waals surface area contributed by atoms with Crippen LogP contribution < -0.4 is 5.32 Å². The molecule has 1 aliphatic heterocycles. The van der Waals surface area contributed by atoms with Gasteiger partial charge in [0.2, 0.25) is 0 Å². The summed E-state index contributed by atoms with van der Waals surface area (Å²) in [5.74, 6) is 2.96. The summed E-state index contributed by atoms with van der Waals surface area (Å²) < 4.78 is 11.7. The standard InChI is InChI=1S/C18H22N4O2/c1-11-15(14-5-3-4-6-16(14)24-11)10-19-9-13-7-8-23-17(13)18-20-12(2)21-22-18/h3-6,13,17,19H,7-10H2,1-2H3,(H,20,21,22)/t13-,17-/m0/s1. The van der Waals surface area contributed by atoms with Crippen LogP contribution in [0.3, 0.4) is 0 Å². The average Bonchev–Trinajstić information content (AvgIpc) is 3.27. The quantitative estimate of drug-likeness (QED) is 0.754. The van der Waals surface area contributed by atoms with Crippen molar-refractivity contribution in [3.63, 3.8) is 0 Å². The molecule has 4 rings (SSSR count). The molecule has 126 valence electrons. The molecule has 0 amide bonds. The summed E-state index contributed by atoms with van der Waals surface area (Å²) in [6.45, 7) is 6.36. The van der Waals surface area contributed by atoms with Gasteiger partial charge < -0.3 is 14.5 Å². The van der Waals surface area contributed by atoms with Gasteiger partial charge in [-0.05, 0) is 26.3 Å². The molecule has 0 saturated carbocycles. The van der Waals surface area contributed by atoms with Gasteiger partial charge in [0, 0.05) is 36.6 Å². The summed E-state index contributed by atoms with van der Waals surface area (Å²) >= 11 is 0. The predicted molar refractivity (Wildman–Crippen MR) is 90.6 cm³/mol. The Labute approximate surface area is 140 Å². The van der Waals surface area contributed by atoms with Crippen LogP contribution in [-0.2, 0) is 11.3 Å². The number of nitrogens with zero attached hydrogens (tertiary/aromatic N) is 2. The normalized spacial score (nSPS) is 20.9. The van der Waals surface area contributed by atoms with E-state index >= 15 is 0 Å². The molecular formula is C18H22N4O2. The first kappa shape index (κ1) is 15.4. The van der Waals surface area contributed by atoms with Crippen molar-refractivity contribution in [2.75, 3.05) is 13.2 Å². The molecule has 2 atom stereocenters. The molecule has 1 fully saturated rings. The zero-order valence-corrected chi connectivity index (χ0v) is 14.0. The van der Waals surface area contributed by atoms with Crippen LogP contribution in [0.1, 0.15) is 35.5 Å². The summed E-state index contributed by atoms with van der Waals surface area (Å²) in [7, 11) is 0. The fourth-order valence-corrected chi connectivity index (χ4v) is 3.44. The van der Waals surface area contributed by atoms with Gasteiger partial charge >= 0.3 is 0 Å². The van der Waals surface area contributed by atoms with Crippen LogP contribution in [0.4, 0.5) is 0 Å². The van der Waals surface area contributed by atoms with Gasteiger partial charge in [0.15, 0.2) is 5.82 Å². The number of H-pyrrole nitrogens is 1. The monoisotopic (exact) mass is 326 g/mol. The maximum Gasteiger partial charge on any atom is 0.179 e. The molecule has 6 heteroatoms. The third kappa shape index (κ3) is 2.83. The third-order valence-electron chi connectivity index (χ3n) is 4.69. The fraction of sp³-hybridized carbons (Fsp3) is 0.444. The maximum atomic E-state index is 5.84. The first-order valence-electron chi connectivity index (χ1n) is 8.40. The molecule has 0 radical (unpaired) electrons. The molecule has 1 aromatic carbocycles. The first-order chi connectivity index (χ1) is 11.7. The largest absolute Gasteiger partial charge is 0.461 e. The van der Waals surface area contributed by atoms with Crippen molar-refractivity contribution >= 4 is 11.0 Å². The van der Waals surface area contributed by atoms with Gasteiger partial charge in [0.1, 0.15) is 23.3 Å². The van der Waals surface area contributed by atoms with Crippen LogP contribution in [0.15, 0.2) is 28.7 Å². The Kier molecular flexibility index (Phi) is 4.08. The molecule has 2 N–H and O–H groups in total. The number of fused-ring (bicyclic) bond motifs is 1. The van der Waals surface area contributed by atoms with Crippen molar-refractivity contribution < 1.29 is 9.15 Å². The lowest BCUT2D eigenvalue weighted by atomic mass is 10.0. The summed E-state index contributed by atoms with van der Waals surface area (Å²) in [6.07, 6.45) is 1.00. The van der Waals surface area contributed by atoms with Gasteiger partial charge in [0.25, 0.3) is 0 Å². The number of benzene rings is 1. The highest BCUT2D eigenvalue weighted by Gasteiger charge is 2.32. The number of ether oxygens (including phenoxy) is 1. The van der Waals surface area contributed by atoms with E-state index in [9.17, 15) is 0 Å². The van der Waals surface area contributed by atoms with Crippen LogP contribution in [0.25, 0.3) is 11.0 Å². The molecule has 1 saturated heterocycles. The minimum absolute atomic E-state index is 0.0235. The van der Waals surface area contributed by atoms with E-state index in [0.717, 1.165) is 49.1 Å². The Bertz CT molecular complexity index is 839. The molecule has 1 aliphatic rings. The number of furan rings is 1. The van der Waals surface area contributed by atoms with E-state index in [0.29, 0.717) is 5.92 Å². The summed E-state index contributed by atoms with van der Waals surface area (Å²) in [5.41, 5.74) is 2.18. The van der Waals surface area contributed by atoms with Crippen LogP contribution in [0.5, 0.6) is 0 Å². The molecule has 2 aromatic heterocycles. The van der Waals surface area contributed by atoms with Crippen molar-refractivity contribution in [3.05, 3.63) is 47.2 Å². The van der Waals surface area contributed by atoms with Crippen molar-refractivity contribution in [2.45, 2.75) is 32.9 Å². The summed E-state index contributed by atoms with van der Waals surface area (Å²) in [5, 5.41) is 11.9. The highest BCUT2D eigenvalue weighted by molar-refractivity contribution is 5.82. The van der Waals surface area contributed by atoms with Crippen molar-refractivity contribution in [2.24, 2.45) is 5.92 Å². The van der Waals surface area contributed by atoms with E-state index in [2.05, 4.69) is 26.6 Å². The number of hydrogen-bond acceptors (Lipinski definition) is 5. The Balaban J connectivity index is 1.42. The number of hydrogen-bond donors (Lipinski definition) is 2. The lowest BCUT2D eigenvalue weighted by Crippen LogP contribution is -2.25. The SMILES string of the molecule is Cc1nc([C@H]2OCC[C@H]2CNCc2c(C)oc3ccccc23)n[nH]1. The Morgan fingerprint density at radius 1 is 1.29 bits per heavy atom. The van der Waals surface area contributed by atoms with Crippen LogP contribution in [0.2, 0.25) is 0 Å². The van der Waals surface area contributed by atoms with Gasteiger partial charge in [-0.1, -0.05) is 18.2 Å². The zero-order chi connectivity index (χ0) is 16.5. The van der Waals surface area contributed by atoms with E-state index < -0.39 is 0 Å². The average molecular weight is 326 g/mol. The Morgan fingerprint density at radius 3 is 3.00 bits per heavy atom. The number of rotatable bonds is 5. The molecule has 3 heterocycles. The Hall–Kier alpha value is -2.18. The van der Waals surface area contributed by atoms with E-state index in [1.165, 1.54) is 10.9 Å². The Morgan fingerprint density at radius 2 is 2.17 bits per heavy atom. The lowest BCUT2D eigenvalue weighted by molar-refractivity contribution is 0.0835. The minimum Gasteiger partial charge on any atom is -0.461 e. The second-order valence-electron chi connectivity index (χ2n) is 6.38. The topological polar surface area (TPSA) is 76.0 Å². The second kappa shape index (κ2) is 6.37. The molecule has 0 bridgehead atoms. The fourth-order valence-electron chi connectivity index (χ4n) is 3.44. The number of nitrogens with one attached hydrogen (secondary N) is 2. The highest BCUT2D eigenvalue weighted by Crippen LogP contribution is 2.32. The number of aromatic nitrogens is 3. The van der Waals surface area contributed by atoms with Gasteiger partial charge in [-0.25, -0.2) is 4.98 Å². The lowest BCUT2D eigenvalue weighted by Gasteiger charge is -2.16. The van der Waals surface area contributed by atoms with Crippen LogP contribution in [0, 0.1) is 19.8 Å². The first-order valence-corrected chi connectivity index (χ1v) is 8.40. The van der Waals surface area contributed by atoms with Gasteiger partial charge in [0.05, 0.1) is 0 Å². The van der Waals surface area contributed by atoms with Crippen LogP contribution in [-0.4, -0.2) is 28.3 Å². The van der Waals surface area contributed by atoms with Crippen molar-refractivity contribution in [3.8, 4) is 0 Å². The maximum absolute atomic E-state index is 5.84. The molecular weight excluding hydrogens is 304 g/mol. The smallest absolute Gasteiger partial charge is 0.179 e. The zero-order valence-electron chi connectivity index (χ0n) is 14.0. The summed E-state index contributed by atoms with van der Waals surface area (Å²) in [6, 6.07) is 8.17. The number of aromatic amines is 1. The molecule has 0 spiro atoms. The molecule has 3 aromatic rings. The van der Waals surface area contributed by atoms with Gasteiger partial charge in [-0.15, -0.1) is 0 Å². The highest BCUT2D eigenvalue weighted by atomic mass is 16.5.